The van der Waals surface area contributed by atoms with E-state index in [0.29, 0.717) is 22.8 Å². The molecule has 3 heterocycles. The SMILES string of the molecule is CC(=O)Nc1cc(-c2cc(F)cc(OC3CCNC3)c2)nc(-n2nc(C)cc2C)n1. The molecule has 1 fully saturated rings. The van der Waals surface area contributed by atoms with Crippen LogP contribution in [0.3, 0.4) is 0 Å². The Morgan fingerprint density at radius 1 is 1.23 bits per heavy atom. The van der Waals surface area contributed by atoms with Gasteiger partial charge in [-0.25, -0.2) is 14.1 Å². The van der Waals surface area contributed by atoms with Gasteiger partial charge in [0.25, 0.3) is 5.95 Å². The number of anilines is 1. The van der Waals surface area contributed by atoms with Crippen molar-refractivity contribution in [1.82, 2.24) is 25.1 Å². The lowest BCUT2D eigenvalue weighted by molar-refractivity contribution is -0.114. The Hall–Kier alpha value is -3.33. The minimum Gasteiger partial charge on any atom is -0.489 e. The Morgan fingerprint density at radius 3 is 2.73 bits per heavy atom. The van der Waals surface area contributed by atoms with Gasteiger partial charge >= 0.3 is 0 Å². The first-order valence-corrected chi connectivity index (χ1v) is 9.76. The lowest BCUT2D eigenvalue weighted by Crippen LogP contribution is -2.19. The zero-order chi connectivity index (χ0) is 21.3. The fourth-order valence-corrected chi connectivity index (χ4v) is 3.45. The average Bonchev–Trinajstić information content (AvgIpc) is 3.29. The molecule has 1 amide bonds. The molecule has 3 aromatic rings. The molecule has 1 atom stereocenters. The van der Waals surface area contributed by atoms with Crippen molar-refractivity contribution in [3.05, 3.63) is 47.5 Å². The molecule has 4 rings (SSSR count). The van der Waals surface area contributed by atoms with Gasteiger partial charge in [-0.3, -0.25) is 4.79 Å². The van der Waals surface area contributed by atoms with Crippen LogP contribution in [-0.2, 0) is 4.79 Å². The van der Waals surface area contributed by atoms with Crippen molar-refractivity contribution in [3.63, 3.8) is 0 Å². The van der Waals surface area contributed by atoms with E-state index in [9.17, 15) is 9.18 Å². The van der Waals surface area contributed by atoms with Crippen LogP contribution in [0.25, 0.3) is 17.2 Å². The van der Waals surface area contributed by atoms with Gasteiger partial charge < -0.3 is 15.4 Å². The molecule has 2 N–H and O–H groups in total. The number of nitrogens with zero attached hydrogens (tertiary/aromatic N) is 4. The molecule has 1 saturated heterocycles. The van der Waals surface area contributed by atoms with Crippen molar-refractivity contribution in [2.75, 3.05) is 18.4 Å². The van der Waals surface area contributed by atoms with Gasteiger partial charge in [0.1, 0.15) is 23.5 Å². The van der Waals surface area contributed by atoms with Crippen LogP contribution in [0, 0.1) is 19.7 Å². The molecule has 0 saturated carbocycles. The number of aryl methyl sites for hydroxylation is 2. The summed E-state index contributed by atoms with van der Waals surface area (Å²) in [5.74, 6) is 0.332. The molecule has 1 aromatic carbocycles. The number of amides is 1. The largest absolute Gasteiger partial charge is 0.489 e. The van der Waals surface area contributed by atoms with E-state index < -0.39 is 5.82 Å². The van der Waals surface area contributed by atoms with Gasteiger partial charge in [-0.15, -0.1) is 0 Å². The van der Waals surface area contributed by atoms with Crippen LogP contribution in [0.15, 0.2) is 30.3 Å². The molecular formula is C21H23FN6O2. The molecule has 30 heavy (non-hydrogen) atoms. The number of aromatic nitrogens is 4. The van der Waals surface area contributed by atoms with Crippen molar-refractivity contribution in [2.24, 2.45) is 0 Å². The van der Waals surface area contributed by atoms with Crippen molar-refractivity contribution in [1.29, 1.82) is 0 Å². The summed E-state index contributed by atoms with van der Waals surface area (Å²) in [6, 6.07) is 7.99. The molecule has 156 valence electrons. The second-order valence-corrected chi connectivity index (χ2v) is 7.37. The summed E-state index contributed by atoms with van der Waals surface area (Å²) in [6.07, 6.45) is 0.874. The second kappa shape index (κ2) is 8.19. The number of benzene rings is 1. The van der Waals surface area contributed by atoms with Gasteiger partial charge in [0, 0.05) is 36.9 Å². The smallest absolute Gasteiger partial charge is 0.253 e. The molecule has 1 aliphatic rings. The average molecular weight is 410 g/mol. The van der Waals surface area contributed by atoms with Crippen LogP contribution in [-0.4, -0.2) is 44.8 Å². The van der Waals surface area contributed by atoms with Crippen LogP contribution in [0.5, 0.6) is 5.75 Å². The lowest BCUT2D eigenvalue weighted by atomic mass is 10.1. The van der Waals surface area contributed by atoms with E-state index in [1.165, 1.54) is 19.1 Å². The topological polar surface area (TPSA) is 94.0 Å². The summed E-state index contributed by atoms with van der Waals surface area (Å²) in [5, 5.41) is 10.3. The summed E-state index contributed by atoms with van der Waals surface area (Å²) in [4.78, 5) is 20.6. The van der Waals surface area contributed by atoms with E-state index in [2.05, 4.69) is 25.7 Å². The van der Waals surface area contributed by atoms with Crippen molar-refractivity contribution < 1.29 is 13.9 Å². The summed E-state index contributed by atoms with van der Waals surface area (Å²) in [7, 11) is 0. The fourth-order valence-electron chi connectivity index (χ4n) is 3.45. The second-order valence-electron chi connectivity index (χ2n) is 7.37. The Balaban J connectivity index is 1.77. The first-order chi connectivity index (χ1) is 14.4. The van der Waals surface area contributed by atoms with Gasteiger partial charge in [0.2, 0.25) is 5.91 Å². The number of nitrogens with one attached hydrogen (secondary N) is 2. The van der Waals surface area contributed by atoms with Gasteiger partial charge in [-0.05, 0) is 45.0 Å². The number of rotatable bonds is 5. The van der Waals surface area contributed by atoms with Crippen LogP contribution in [0.4, 0.5) is 10.2 Å². The summed E-state index contributed by atoms with van der Waals surface area (Å²) in [6.45, 7) is 6.77. The van der Waals surface area contributed by atoms with Gasteiger partial charge in [-0.2, -0.15) is 10.1 Å². The molecule has 2 aromatic heterocycles. The van der Waals surface area contributed by atoms with Crippen molar-refractivity contribution >= 4 is 11.7 Å². The van der Waals surface area contributed by atoms with E-state index in [1.807, 2.05) is 19.9 Å². The number of hydrogen-bond acceptors (Lipinski definition) is 6. The zero-order valence-electron chi connectivity index (χ0n) is 17.1. The van der Waals surface area contributed by atoms with E-state index in [4.69, 9.17) is 4.74 Å². The Kier molecular flexibility index (Phi) is 5.45. The zero-order valence-corrected chi connectivity index (χ0v) is 17.1. The Morgan fingerprint density at radius 2 is 2.07 bits per heavy atom. The first-order valence-electron chi connectivity index (χ1n) is 9.76. The van der Waals surface area contributed by atoms with E-state index >= 15 is 0 Å². The third-order valence-electron chi connectivity index (χ3n) is 4.70. The van der Waals surface area contributed by atoms with Crippen LogP contribution in [0.1, 0.15) is 24.7 Å². The predicted molar refractivity (Wildman–Crippen MR) is 110 cm³/mol. The van der Waals surface area contributed by atoms with Gasteiger partial charge in [-0.1, -0.05) is 0 Å². The molecule has 8 nitrogen and oxygen atoms in total. The van der Waals surface area contributed by atoms with E-state index in [1.54, 1.807) is 16.8 Å². The molecule has 0 aliphatic carbocycles. The molecule has 0 bridgehead atoms. The number of hydrogen-bond donors (Lipinski definition) is 2. The molecule has 0 radical (unpaired) electrons. The van der Waals surface area contributed by atoms with Crippen molar-refractivity contribution in [2.45, 2.75) is 33.3 Å². The molecule has 1 aliphatic heterocycles. The maximum Gasteiger partial charge on any atom is 0.253 e. The van der Waals surface area contributed by atoms with Crippen LogP contribution in [0.2, 0.25) is 0 Å². The van der Waals surface area contributed by atoms with E-state index in [0.717, 1.165) is 30.9 Å². The normalized spacial score (nSPS) is 15.9. The number of carbonyl (C=O) groups is 1. The predicted octanol–water partition coefficient (Wildman–Crippen LogP) is 2.78. The maximum absolute atomic E-state index is 14.4. The first kappa shape index (κ1) is 20.0. The summed E-state index contributed by atoms with van der Waals surface area (Å²) < 4.78 is 21.9. The van der Waals surface area contributed by atoms with E-state index in [-0.39, 0.29) is 18.0 Å². The minimum atomic E-state index is -0.430. The molecule has 0 spiro atoms. The molecule has 9 heteroatoms. The summed E-state index contributed by atoms with van der Waals surface area (Å²) in [5.41, 5.74) is 2.63. The quantitative estimate of drug-likeness (QED) is 0.672. The highest BCUT2D eigenvalue weighted by Crippen LogP contribution is 2.28. The van der Waals surface area contributed by atoms with Crippen LogP contribution < -0.4 is 15.4 Å². The highest BCUT2D eigenvalue weighted by Gasteiger charge is 2.18. The number of ether oxygens (including phenoxy) is 1. The number of halogens is 1. The fraction of sp³-hybridized carbons (Fsp3) is 0.333. The van der Waals surface area contributed by atoms with Gasteiger partial charge in [0.15, 0.2) is 0 Å². The molecule has 1 unspecified atom stereocenters. The third-order valence-corrected chi connectivity index (χ3v) is 4.70. The standard InChI is InChI=1S/C21H23FN6O2/c1-12-6-13(2)28(27-12)21-25-19(10-20(26-21)24-14(3)29)15-7-16(22)9-18(8-15)30-17-4-5-23-11-17/h6-10,17,23H,4-5,11H2,1-3H3,(H,24,25,26,29). The number of carbonyl (C=O) groups excluding carboxylic acids is 1. The lowest BCUT2D eigenvalue weighted by Gasteiger charge is -2.14. The van der Waals surface area contributed by atoms with Crippen LogP contribution >= 0.6 is 0 Å². The minimum absolute atomic E-state index is 0.00486. The highest BCUT2D eigenvalue weighted by atomic mass is 19.1. The van der Waals surface area contributed by atoms with Crippen molar-refractivity contribution in [3.8, 4) is 23.0 Å². The molecular weight excluding hydrogens is 387 g/mol. The third kappa shape index (κ3) is 4.46. The van der Waals surface area contributed by atoms with Gasteiger partial charge in [0.05, 0.1) is 11.4 Å². The monoisotopic (exact) mass is 410 g/mol. The summed E-state index contributed by atoms with van der Waals surface area (Å²) >= 11 is 0. The Bertz CT molecular complexity index is 1090. The highest BCUT2D eigenvalue weighted by molar-refractivity contribution is 5.88. The Labute approximate surface area is 173 Å². The maximum atomic E-state index is 14.4.